The Balaban J connectivity index is 2.32. The minimum absolute atomic E-state index is 0.0177. The molecule has 0 aromatic heterocycles. The summed E-state index contributed by atoms with van der Waals surface area (Å²) in [7, 11) is 2.97. The van der Waals surface area contributed by atoms with Gasteiger partial charge in [-0.05, 0) is 23.8 Å². The Morgan fingerprint density at radius 3 is 2.45 bits per heavy atom. The number of hydrogen-bond donors (Lipinski definition) is 0. The van der Waals surface area contributed by atoms with E-state index in [0.29, 0.717) is 22.6 Å². The fourth-order valence-electron chi connectivity index (χ4n) is 2.02. The normalized spacial score (nSPS) is 10.2. The number of para-hydroxylation sites is 1. The molecule has 0 aliphatic rings. The van der Waals surface area contributed by atoms with Crippen LogP contribution in [0.15, 0.2) is 42.5 Å². The van der Waals surface area contributed by atoms with E-state index >= 15 is 0 Å². The zero-order chi connectivity index (χ0) is 14.5. The van der Waals surface area contributed by atoms with Crippen molar-refractivity contribution in [3.8, 4) is 11.5 Å². The lowest BCUT2D eigenvalue weighted by Gasteiger charge is -2.11. The summed E-state index contributed by atoms with van der Waals surface area (Å²) in [5.41, 5.74) is 0.748. The van der Waals surface area contributed by atoms with Gasteiger partial charge in [0.25, 0.3) is 0 Å². The molecule has 0 amide bonds. The molecule has 0 fully saturated rings. The summed E-state index contributed by atoms with van der Waals surface area (Å²) in [5.74, 6) is 0.247. The van der Waals surface area contributed by atoms with Crippen molar-refractivity contribution >= 4 is 5.78 Å². The van der Waals surface area contributed by atoms with E-state index in [1.165, 1.54) is 20.3 Å². The lowest BCUT2D eigenvalue weighted by Crippen LogP contribution is -2.08. The third-order valence-corrected chi connectivity index (χ3v) is 3.01. The van der Waals surface area contributed by atoms with Gasteiger partial charge in [0.1, 0.15) is 5.82 Å². The second kappa shape index (κ2) is 6.19. The number of Topliss-reactive ketones (excluding diaryl/α,β-unsaturated/α-hetero) is 1. The third kappa shape index (κ3) is 2.79. The van der Waals surface area contributed by atoms with E-state index in [4.69, 9.17) is 9.47 Å². The largest absolute Gasteiger partial charge is 0.493 e. The average Bonchev–Trinajstić information content (AvgIpc) is 2.48. The Bertz CT molecular complexity index is 623. The van der Waals surface area contributed by atoms with Crippen molar-refractivity contribution in [3.05, 3.63) is 59.4 Å². The minimum Gasteiger partial charge on any atom is -0.493 e. The van der Waals surface area contributed by atoms with E-state index in [-0.39, 0.29) is 18.0 Å². The van der Waals surface area contributed by atoms with Crippen molar-refractivity contribution in [2.24, 2.45) is 0 Å². The first-order chi connectivity index (χ1) is 9.67. The Hall–Kier alpha value is -2.36. The van der Waals surface area contributed by atoms with Gasteiger partial charge >= 0.3 is 0 Å². The SMILES string of the molecule is COc1cccc(C(=O)Cc2ccccc2F)c1OC. The Morgan fingerprint density at radius 1 is 1.05 bits per heavy atom. The molecule has 2 rings (SSSR count). The van der Waals surface area contributed by atoms with Crippen LogP contribution in [-0.2, 0) is 6.42 Å². The van der Waals surface area contributed by atoms with E-state index in [0.717, 1.165) is 0 Å². The number of carbonyl (C=O) groups is 1. The summed E-state index contributed by atoms with van der Waals surface area (Å²) in [6.07, 6.45) is -0.0177. The maximum Gasteiger partial charge on any atom is 0.171 e. The molecular weight excluding hydrogens is 259 g/mol. The van der Waals surface area contributed by atoms with Crippen LogP contribution in [0.3, 0.4) is 0 Å². The van der Waals surface area contributed by atoms with Gasteiger partial charge in [-0.15, -0.1) is 0 Å². The molecule has 0 atom stereocenters. The summed E-state index contributed by atoms with van der Waals surface area (Å²) < 4.78 is 24.0. The Labute approximate surface area is 117 Å². The molecule has 0 saturated carbocycles. The fraction of sp³-hybridized carbons (Fsp3) is 0.188. The van der Waals surface area contributed by atoms with Gasteiger partial charge in [-0.2, -0.15) is 0 Å². The molecule has 4 heteroatoms. The highest BCUT2D eigenvalue weighted by atomic mass is 19.1. The standard InChI is InChI=1S/C16H15FO3/c1-19-15-9-5-7-12(16(15)20-2)14(18)10-11-6-3-4-8-13(11)17/h3-9H,10H2,1-2H3. The van der Waals surface area contributed by atoms with Crippen LogP contribution in [0.4, 0.5) is 4.39 Å². The summed E-state index contributed by atoms with van der Waals surface area (Å²) >= 11 is 0. The lowest BCUT2D eigenvalue weighted by molar-refractivity contribution is 0.0988. The van der Waals surface area contributed by atoms with E-state index < -0.39 is 0 Å². The molecule has 0 spiro atoms. The van der Waals surface area contributed by atoms with Crippen LogP contribution in [0, 0.1) is 5.82 Å². The molecule has 3 nitrogen and oxygen atoms in total. The molecule has 0 N–H and O–H groups in total. The molecule has 0 bridgehead atoms. The highest BCUT2D eigenvalue weighted by Crippen LogP contribution is 2.31. The first-order valence-electron chi connectivity index (χ1n) is 6.15. The van der Waals surface area contributed by atoms with Crippen LogP contribution < -0.4 is 9.47 Å². The van der Waals surface area contributed by atoms with E-state index in [2.05, 4.69) is 0 Å². The number of carbonyl (C=O) groups excluding carboxylic acids is 1. The predicted octanol–water partition coefficient (Wildman–Crippen LogP) is 3.27. The zero-order valence-corrected chi connectivity index (χ0v) is 11.4. The number of hydrogen-bond acceptors (Lipinski definition) is 3. The summed E-state index contributed by atoms with van der Waals surface area (Å²) in [5, 5.41) is 0. The Kier molecular flexibility index (Phi) is 4.35. The molecule has 0 aliphatic carbocycles. The van der Waals surface area contributed by atoms with Gasteiger partial charge in [0.2, 0.25) is 0 Å². The van der Waals surface area contributed by atoms with Crippen molar-refractivity contribution < 1.29 is 18.7 Å². The van der Waals surface area contributed by atoms with E-state index in [9.17, 15) is 9.18 Å². The summed E-state index contributed by atoms with van der Waals surface area (Å²) in [6, 6.07) is 11.3. The Morgan fingerprint density at radius 2 is 1.80 bits per heavy atom. The maximum absolute atomic E-state index is 13.6. The van der Waals surface area contributed by atoms with Crippen LogP contribution in [0.1, 0.15) is 15.9 Å². The molecular formula is C16H15FO3. The first-order valence-corrected chi connectivity index (χ1v) is 6.15. The third-order valence-electron chi connectivity index (χ3n) is 3.01. The monoisotopic (exact) mass is 274 g/mol. The van der Waals surface area contributed by atoms with Gasteiger partial charge in [0.15, 0.2) is 17.3 Å². The summed E-state index contributed by atoms with van der Waals surface area (Å²) in [6.45, 7) is 0. The van der Waals surface area contributed by atoms with Gasteiger partial charge in [-0.3, -0.25) is 4.79 Å². The number of halogens is 1. The molecule has 20 heavy (non-hydrogen) atoms. The topological polar surface area (TPSA) is 35.5 Å². The zero-order valence-electron chi connectivity index (χ0n) is 11.4. The fourth-order valence-corrected chi connectivity index (χ4v) is 2.02. The van der Waals surface area contributed by atoms with Crippen LogP contribution >= 0.6 is 0 Å². The van der Waals surface area contributed by atoms with Gasteiger partial charge in [-0.1, -0.05) is 24.3 Å². The van der Waals surface area contributed by atoms with Crippen molar-refractivity contribution in [1.29, 1.82) is 0 Å². The van der Waals surface area contributed by atoms with Gasteiger partial charge in [-0.25, -0.2) is 4.39 Å². The number of ketones is 1. The van der Waals surface area contributed by atoms with Crippen LogP contribution in [-0.4, -0.2) is 20.0 Å². The van der Waals surface area contributed by atoms with Gasteiger partial charge in [0.05, 0.1) is 19.8 Å². The predicted molar refractivity (Wildman–Crippen MR) is 74.0 cm³/mol. The smallest absolute Gasteiger partial charge is 0.171 e. The van der Waals surface area contributed by atoms with Crippen LogP contribution in [0.5, 0.6) is 11.5 Å². The molecule has 104 valence electrons. The number of rotatable bonds is 5. The van der Waals surface area contributed by atoms with Crippen LogP contribution in [0.25, 0.3) is 0 Å². The van der Waals surface area contributed by atoms with Crippen molar-refractivity contribution in [3.63, 3.8) is 0 Å². The molecule has 2 aromatic carbocycles. The summed E-state index contributed by atoms with van der Waals surface area (Å²) in [4.78, 5) is 12.3. The minimum atomic E-state index is -0.386. The number of benzene rings is 2. The lowest BCUT2D eigenvalue weighted by atomic mass is 10.0. The molecule has 0 aliphatic heterocycles. The highest BCUT2D eigenvalue weighted by molar-refractivity contribution is 6.00. The molecule has 0 unspecified atom stereocenters. The average molecular weight is 274 g/mol. The highest BCUT2D eigenvalue weighted by Gasteiger charge is 2.17. The number of ether oxygens (including phenoxy) is 2. The van der Waals surface area contributed by atoms with Gasteiger partial charge < -0.3 is 9.47 Å². The number of methoxy groups -OCH3 is 2. The van der Waals surface area contributed by atoms with Crippen molar-refractivity contribution in [2.75, 3.05) is 14.2 Å². The van der Waals surface area contributed by atoms with E-state index in [1.807, 2.05) is 0 Å². The molecule has 0 radical (unpaired) electrons. The molecule has 2 aromatic rings. The van der Waals surface area contributed by atoms with Gasteiger partial charge in [0, 0.05) is 6.42 Å². The second-order valence-corrected chi connectivity index (χ2v) is 4.23. The molecule has 0 saturated heterocycles. The van der Waals surface area contributed by atoms with Crippen molar-refractivity contribution in [1.82, 2.24) is 0 Å². The van der Waals surface area contributed by atoms with E-state index in [1.54, 1.807) is 36.4 Å². The van der Waals surface area contributed by atoms with Crippen LogP contribution in [0.2, 0.25) is 0 Å². The van der Waals surface area contributed by atoms with Crippen molar-refractivity contribution in [2.45, 2.75) is 6.42 Å². The maximum atomic E-state index is 13.6. The quantitative estimate of drug-likeness (QED) is 0.785. The second-order valence-electron chi connectivity index (χ2n) is 4.23. The molecule has 0 heterocycles. The first kappa shape index (κ1) is 14.1.